The lowest BCUT2D eigenvalue weighted by Crippen LogP contribution is -2.25. The standard InChI is InChI=1S/C14H13F2NO5/c1-7-4-9(7)13(19)20-6-12(18)17-8-2-3-10-11(5-8)22-14(15,16)21-10/h2-3,5,7,9H,4,6H2,1H3,(H,17,18)/t7-,9+/m0/s1. The Balaban J connectivity index is 1.53. The lowest BCUT2D eigenvalue weighted by molar-refractivity contribution is -0.286. The molecule has 22 heavy (non-hydrogen) atoms. The van der Waals surface area contributed by atoms with E-state index in [1.54, 1.807) is 0 Å². The van der Waals surface area contributed by atoms with E-state index in [-0.39, 0.29) is 23.1 Å². The van der Waals surface area contributed by atoms with E-state index in [9.17, 15) is 18.4 Å². The molecule has 3 rings (SSSR count). The topological polar surface area (TPSA) is 73.9 Å². The number of alkyl halides is 2. The van der Waals surface area contributed by atoms with E-state index in [0.717, 1.165) is 6.42 Å². The molecule has 1 aromatic rings. The highest BCUT2D eigenvalue weighted by molar-refractivity contribution is 5.93. The summed E-state index contributed by atoms with van der Waals surface area (Å²) in [6.07, 6.45) is -2.93. The average molecular weight is 313 g/mol. The second-order valence-electron chi connectivity index (χ2n) is 5.30. The average Bonchev–Trinajstić information content (AvgIpc) is 3.07. The number of hydrogen-bond donors (Lipinski definition) is 1. The van der Waals surface area contributed by atoms with Crippen molar-refractivity contribution in [1.82, 2.24) is 0 Å². The highest BCUT2D eigenvalue weighted by atomic mass is 19.3. The number of fused-ring (bicyclic) bond motifs is 1. The van der Waals surface area contributed by atoms with Gasteiger partial charge in [0.05, 0.1) is 5.92 Å². The zero-order chi connectivity index (χ0) is 15.9. The Kier molecular flexibility index (Phi) is 3.38. The monoisotopic (exact) mass is 313 g/mol. The van der Waals surface area contributed by atoms with Crippen LogP contribution in [0.1, 0.15) is 13.3 Å². The summed E-state index contributed by atoms with van der Waals surface area (Å²) in [6, 6.07) is 3.84. The molecule has 6 nitrogen and oxygen atoms in total. The zero-order valence-corrected chi connectivity index (χ0v) is 11.6. The highest BCUT2D eigenvalue weighted by Gasteiger charge is 2.43. The van der Waals surface area contributed by atoms with Crippen LogP contribution in [0, 0.1) is 11.8 Å². The Morgan fingerprint density at radius 2 is 2.05 bits per heavy atom. The Hall–Kier alpha value is -2.38. The Labute approximate surface area is 124 Å². The molecule has 0 radical (unpaired) electrons. The van der Waals surface area contributed by atoms with Crippen LogP contribution in [0.4, 0.5) is 14.5 Å². The van der Waals surface area contributed by atoms with Crippen LogP contribution in [0.5, 0.6) is 11.5 Å². The fourth-order valence-electron chi connectivity index (χ4n) is 2.12. The van der Waals surface area contributed by atoms with Crippen molar-refractivity contribution in [2.75, 3.05) is 11.9 Å². The Morgan fingerprint density at radius 1 is 1.36 bits per heavy atom. The minimum atomic E-state index is -3.71. The minimum absolute atomic E-state index is 0.114. The van der Waals surface area contributed by atoms with Gasteiger partial charge in [-0.1, -0.05) is 6.92 Å². The van der Waals surface area contributed by atoms with Crippen molar-refractivity contribution >= 4 is 17.6 Å². The number of ether oxygens (including phenoxy) is 3. The van der Waals surface area contributed by atoms with Crippen molar-refractivity contribution in [1.29, 1.82) is 0 Å². The molecule has 1 heterocycles. The van der Waals surface area contributed by atoms with Gasteiger partial charge in [0.1, 0.15) is 0 Å². The fraction of sp³-hybridized carbons (Fsp3) is 0.429. The smallest absolute Gasteiger partial charge is 0.455 e. The third kappa shape index (κ3) is 3.10. The molecule has 118 valence electrons. The fourth-order valence-corrected chi connectivity index (χ4v) is 2.12. The second-order valence-corrected chi connectivity index (χ2v) is 5.30. The van der Waals surface area contributed by atoms with Gasteiger partial charge in [-0.25, -0.2) is 0 Å². The van der Waals surface area contributed by atoms with Gasteiger partial charge in [0.25, 0.3) is 5.91 Å². The van der Waals surface area contributed by atoms with Crippen LogP contribution in [0.2, 0.25) is 0 Å². The molecule has 1 saturated carbocycles. The number of amides is 1. The zero-order valence-electron chi connectivity index (χ0n) is 11.6. The highest BCUT2D eigenvalue weighted by Crippen LogP contribution is 2.42. The molecule has 1 aromatic carbocycles. The van der Waals surface area contributed by atoms with Gasteiger partial charge < -0.3 is 19.5 Å². The van der Waals surface area contributed by atoms with Crippen LogP contribution < -0.4 is 14.8 Å². The van der Waals surface area contributed by atoms with Gasteiger partial charge in [0.15, 0.2) is 18.1 Å². The molecular formula is C14H13F2NO5. The lowest BCUT2D eigenvalue weighted by Gasteiger charge is -2.07. The molecule has 0 saturated heterocycles. The van der Waals surface area contributed by atoms with Gasteiger partial charge in [-0.2, -0.15) is 0 Å². The van der Waals surface area contributed by atoms with E-state index in [4.69, 9.17) is 4.74 Å². The molecule has 1 aliphatic carbocycles. The molecule has 0 spiro atoms. The quantitative estimate of drug-likeness (QED) is 0.862. The van der Waals surface area contributed by atoms with Crippen LogP contribution in [0.15, 0.2) is 18.2 Å². The van der Waals surface area contributed by atoms with Gasteiger partial charge in [0.2, 0.25) is 0 Å². The molecule has 2 atom stereocenters. The SMILES string of the molecule is C[C@H]1C[C@H]1C(=O)OCC(=O)Nc1ccc2c(c1)OC(F)(F)O2. The third-order valence-corrected chi connectivity index (χ3v) is 3.44. The molecule has 2 aliphatic rings. The summed E-state index contributed by atoms with van der Waals surface area (Å²) in [5, 5.41) is 2.43. The van der Waals surface area contributed by atoms with E-state index in [1.807, 2.05) is 6.92 Å². The number of rotatable bonds is 4. The van der Waals surface area contributed by atoms with Crippen LogP contribution in [-0.2, 0) is 14.3 Å². The lowest BCUT2D eigenvalue weighted by atomic mass is 10.3. The number of nitrogens with one attached hydrogen (secondary N) is 1. The molecule has 8 heteroatoms. The van der Waals surface area contributed by atoms with E-state index >= 15 is 0 Å². The first-order valence-corrected chi connectivity index (χ1v) is 6.70. The van der Waals surface area contributed by atoms with Crippen LogP contribution in [0.25, 0.3) is 0 Å². The van der Waals surface area contributed by atoms with Crippen molar-refractivity contribution in [3.05, 3.63) is 18.2 Å². The summed E-state index contributed by atoms with van der Waals surface area (Å²) in [5.41, 5.74) is 0.237. The van der Waals surface area contributed by atoms with Crippen LogP contribution in [0.3, 0.4) is 0 Å². The maximum Gasteiger partial charge on any atom is 0.586 e. The predicted octanol–water partition coefficient (Wildman–Crippen LogP) is 2.15. The van der Waals surface area contributed by atoms with Crippen LogP contribution >= 0.6 is 0 Å². The maximum absolute atomic E-state index is 12.9. The number of esters is 1. The van der Waals surface area contributed by atoms with Crippen LogP contribution in [-0.4, -0.2) is 24.8 Å². The summed E-state index contributed by atoms with van der Waals surface area (Å²) in [6.45, 7) is 1.50. The van der Waals surface area contributed by atoms with Crippen molar-refractivity contribution in [2.24, 2.45) is 11.8 Å². The number of halogens is 2. The second kappa shape index (κ2) is 5.11. The molecule has 0 unspecified atom stereocenters. The molecule has 1 fully saturated rings. The summed E-state index contributed by atoms with van der Waals surface area (Å²) in [5.74, 6) is -1.07. The van der Waals surface area contributed by atoms with Gasteiger partial charge in [-0.05, 0) is 24.5 Å². The first-order chi connectivity index (χ1) is 10.3. The largest absolute Gasteiger partial charge is 0.586 e. The summed E-state index contributed by atoms with van der Waals surface area (Å²) in [7, 11) is 0. The normalized spacial score (nSPS) is 23.8. The van der Waals surface area contributed by atoms with Gasteiger partial charge in [-0.15, -0.1) is 8.78 Å². The van der Waals surface area contributed by atoms with Crippen molar-refractivity contribution in [3.8, 4) is 11.5 Å². The molecular weight excluding hydrogens is 300 g/mol. The predicted molar refractivity (Wildman–Crippen MR) is 69.5 cm³/mol. The van der Waals surface area contributed by atoms with E-state index in [1.165, 1.54) is 18.2 Å². The maximum atomic E-state index is 12.9. The van der Waals surface area contributed by atoms with Gasteiger partial charge >= 0.3 is 12.3 Å². The Bertz CT molecular complexity index is 634. The van der Waals surface area contributed by atoms with E-state index < -0.39 is 24.8 Å². The Morgan fingerprint density at radius 3 is 2.73 bits per heavy atom. The van der Waals surface area contributed by atoms with E-state index in [0.29, 0.717) is 5.92 Å². The number of hydrogen-bond acceptors (Lipinski definition) is 5. The minimum Gasteiger partial charge on any atom is -0.455 e. The number of carbonyl (C=O) groups is 2. The van der Waals surface area contributed by atoms with E-state index in [2.05, 4.69) is 14.8 Å². The van der Waals surface area contributed by atoms with Crippen molar-refractivity contribution in [2.45, 2.75) is 19.6 Å². The molecule has 1 aliphatic heterocycles. The molecule has 0 bridgehead atoms. The third-order valence-electron chi connectivity index (χ3n) is 3.44. The first-order valence-electron chi connectivity index (χ1n) is 6.70. The molecule has 1 N–H and O–H groups in total. The van der Waals surface area contributed by atoms with Crippen molar-refractivity contribution < 1.29 is 32.6 Å². The number of benzene rings is 1. The number of anilines is 1. The summed E-state index contributed by atoms with van der Waals surface area (Å²) >= 11 is 0. The van der Waals surface area contributed by atoms with Gasteiger partial charge in [-0.3, -0.25) is 9.59 Å². The molecule has 0 aromatic heterocycles. The molecule has 1 amide bonds. The first kappa shape index (κ1) is 14.6. The summed E-state index contributed by atoms with van der Waals surface area (Å²) < 4.78 is 39.1. The van der Waals surface area contributed by atoms with Crippen molar-refractivity contribution in [3.63, 3.8) is 0 Å². The van der Waals surface area contributed by atoms with Gasteiger partial charge in [0, 0.05) is 11.8 Å². The number of carbonyl (C=O) groups excluding carboxylic acids is 2. The summed E-state index contributed by atoms with van der Waals surface area (Å²) in [4.78, 5) is 23.1.